The summed E-state index contributed by atoms with van der Waals surface area (Å²) in [6, 6.07) is 7.80. The number of carbonyl (C=O) groups is 1. The van der Waals surface area contributed by atoms with Crippen LogP contribution in [0.5, 0.6) is 0 Å². The first-order chi connectivity index (χ1) is 11.3. The predicted molar refractivity (Wildman–Crippen MR) is 98.7 cm³/mol. The van der Waals surface area contributed by atoms with Crippen molar-refractivity contribution in [2.45, 2.75) is 33.4 Å². The van der Waals surface area contributed by atoms with Gasteiger partial charge in [0.25, 0.3) is 5.91 Å². The van der Waals surface area contributed by atoms with Crippen LogP contribution in [0.2, 0.25) is 0 Å². The number of carbonyl (C=O) groups excluding carboxylic acids is 1. The fraction of sp³-hybridized carbons (Fsp3) is 0.500. The molecule has 0 aliphatic carbocycles. The molecule has 0 aliphatic rings. The molecule has 0 fully saturated rings. The van der Waals surface area contributed by atoms with E-state index in [9.17, 15) is 4.79 Å². The lowest BCUT2D eigenvalue weighted by molar-refractivity contribution is -0.124. The van der Waals surface area contributed by atoms with Crippen molar-refractivity contribution < 1.29 is 15.1 Å². The van der Waals surface area contributed by atoms with E-state index in [1.54, 1.807) is 18.5 Å². The van der Waals surface area contributed by atoms with Crippen molar-refractivity contribution in [1.82, 2.24) is 10.4 Å². The summed E-state index contributed by atoms with van der Waals surface area (Å²) in [5.41, 5.74) is 3.47. The Bertz CT molecular complexity index is 502. The van der Waals surface area contributed by atoms with Crippen LogP contribution in [0.25, 0.3) is 6.08 Å². The number of anilines is 1. The highest BCUT2D eigenvalue weighted by molar-refractivity contribution is 5.90. The van der Waals surface area contributed by atoms with E-state index in [1.807, 2.05) is 24.3 Å². The lowest BCUT2D eigenvalue weighted by atomic mass is 10.1. The summed E-state index contributed by atoms with van der Waals surface area (Å²) in [5.74, 6) is 0.0561. The molecule has 1 rings (SSSR count). The fourth-order valence-corrected chi connectivity index (χ4v) is 1.98. The number of hydroxylamine groups is 1. The number of hydrogen-bond donors (Lipinski definition) is 4. The molecule has 0 saturated heterocycles. The number of aliphatic hydroxyl groups excluding tert-OH is 1. The molecule has 1 atom stereocenters. The van der Waals surface area contributed by atoms with Crippen molar-refractivity contribution in [2.75, 3.05) is 26.0 Å². The molecule has 0 aromatic heterocycles. The first-order valence-corrected chi connectivity index (χ1v) is 8.10. The molecular weight excluding hydrogens is 306 g/mol. The van der Waals surface area contributed by atoms with Gasteiger partial charge in [-0.1, -0.05) is 26.0 Å². The standard InChI is InChI=1S/C16H25N3O2.C2H6O/c1-12(2)10-15(19(3)4)17-14-7-5-6-13(11-14)8-9-16(20)18-21;1-2-3/h5-9,11-12,15,17,21H,10H2,1-4H3,(H,18,20);3H,2H2,1H3/b9-8+;. The highest BCUT2D eigenvalue weighted by Crippen LogP contribution is 2.17. The number of nitrogens with zero attached hydrogens (tertiary/aromatic N) is 1. The summed E-state index contributed by atoms with van der Waals surface area (Å²) < 4.78 is 0. The first-order valence-electron chi connectivity index (χ1n) is 8.10. The van der Waals surface area contributed by atoms with Gasteiger partial charge in [0.2, 0.25) is 0 Å². The Hall–Kier alpha value is -1.89. The van der Waals surface area contributed by atoms with E-state index in [2.05, 4.69) is 38.2 Å². The summed E-state index contributed by atoms with van der Waals surface area (Å²) in [6.07, 6.45) is 4.24. The molecule has 4 N–H and O–H groups in total. The van der Waals surface area contributed by atoms with Gasteiger partial charge in [0.1, 0.15) is 0 Å². The molecule has 1 unspecified atom stereocenters. The number of aliphatic hydroxyl groups is 1. The molecule has 6 heteroatoms. The van der Waals surface area contributed by atoms with E-state index < -0.39 is 5.91 Å². The Morgan fingerprint density at radius 2 is 1.96 bits per heavy atom. The minimum atomic E-state index is -0.542. The number of amides is 1. The normalized spacial score (nSPS) is 12.0. The van der Waals surface area contributed by atoms with E-state index in [0.29, 0.717) is 5.92 Å². The molecule has 0 heterocycles. The van der Waals surface area contributed by atoms with Crippen LogP contribution in [0.1, 0.15) is 32.8 Å². The SMILES string of the molecule is CC(C)CC(Nc1cccc(/C=C/C(=O)NO)c1)N(C)C.CCO. The third-order valence-electron chi connectivity index (χ3n) is 3.08. The van der Waals surface area contributed by atoms with Gasteiger partial charge in [-0.3, -0.25) is 14.9 Å². The highest BCUT2D eigenvalue weighted by atomic mass is 16.5. The van der Waals surface area contributed by atoms with Crippen LogP contribution >= 0.6 is 0 Å². The molecule has 0 radical (unpaired) electrons. The summed E-state index contributed by atoms with van der Waals surface area (Å²) in [7, 11) is 4.10. The van der Waals surface area contributed by atoms with Crippen molar-refractivity contribution in [3.63, 3.8) is 0 Å². The second kappa shape index (κ2) is 12.5. The van der Waals surface area contributed by atoms with Crippen molar-refractivity contribution in [2.24, 2.45) is 5.92 Å². The van der Waals surface area contributed by atoms with Crippen molar-refractivity contribution in [3.8, 4) is 0 Å². The summed E-state index contributed by atoms with van der Waals surface area (Å²) in [4.78, 5) is 13.1. The lowest BCUT2D eigenvalue weighted by Crippen LogP contribution is -2.36. The van der Waals surface area contributed by atoms with Gasteiger partial charge < -0.3 is 10.4 Å². The van der Waals surface area contributed by atoms with Gasteiger partial charge in [-0.2, -0.15) is 0 Å². The van der Waals surface area contributed by atoms with Crippen molar-refractivity contribution in [1.29, 1.82) is 0 Å². The van der Waals surface area contributed by atoms with Gasteiger partial charge in [0.05, 0.1) is 6.17 Å². The van der Waals surface area contributed by atoms with E-state index in [1.165, 1.54) is 6.08 Å². The zero-order chi connectivity index (χ0) is 18.5. The van der Waals surface area contributed by atoms with Gasteiger partial charge in [-0.15, -0.1) is 0 Å². The van der Waals surface area contributed by atoms with E-state index in [4.69, 9.17) is 10.3 Å². The number of hydrogen-bond acceptors (Lipinski definition) is 5. The minimum Gasteiger partial charge on any atom is -0.397 e. The summed E-state index contributed by atoms with van der Waals surface area (Å²) in [6.45, 7) is 6.33. The van der Waals surface area contributed by atoms with Crippen LogP contribution in [0.3, 0.4) is 0 Å². The average Bonchev–Trinajstić information content (AvgIpc) is 2.52. The van der Waals surface area contributed by atoms with Gasteiger partial charge in [0, 0.05) is 18.4 Å². The maximum absolute atomic E-state index is 11.0. The highest BCUT2D eigenvalue weighted by Gasteiger charge is 2.12. The van der Waals surface area contributed by atoms with Crippen LogP contribution in [0, 0.1) is 5.92 Å². The summed E-state index contributed by atoms with van der Waals surface area (Å²) >= 11 is 0. The second-order valence-electron chi connectivity index (χ2n) is 6.00. The van der Waals surface area contributed by atoms with Crippen LogP contribution in [0.15, 0.2) is 30.3 Å². The van der Waals surface area contributed by atoms with E-state index >= 15 is 0 Å². The zero-order valence-electron chi connectivity index (χ0n) is 15.3. The van der Waals surface area contributed by atoms with E-state index in [0.717, 1.165) is 17.7 Å². The smallest absolute Gasteiger partial charge is 0.267 e. The third-order valence-corrected chi connectivity index (χ3v) is 3.08. The van der Waals surface area contributed by atoms with E-state index in [-0.39, 0.29) is 12.8 Å². The molecule has 0 bridgehead atoms. The Morgan fingerprint density at radius 3 is 2.46 bits per heavy atom. The molecular formula is C18H31N3O3. The molecule has 1 aromatic rings. The van der Waals surface area contributed by atoms with Gasteiger partial charge in [-0.25, -0.2) is 5.48 Å². The Labute approximate surface area is 145 Å². The zero-order valence-corrected chi connectivity index (χ0v) is 15.3. The predicted octanol–water partition coefficient (Wildman–Crippen LogP) is 2.55. The molecule has 1 aromatic carbocycles. The molecule has 24 heavy (non-hydrogen) atoms. The Morgan fingerprint density at radius 1 is 1.33 bits per heavy atom. The molecule has 0 saturated carbocycles. The third kappa shape index (κ3) is 9.99. The monoisotopic (exact) mass is 337 g/mol. The molecule has 1 amide bonds. The maximum atomic E-state index is 11.0. The van der Waals surface area contributed by atoms with Crippen LogP contribution in [-0.4, -0.2) is 48.0 Å². The fourth-order valence-electron chi connectivity index (χ4n) is 1.98. The molecule has 6 nitrogen and oxygen atoms in total. The quantitative estimate of drug-likeness (QED) is 0.266. The van der Waals surface area contributed by atoms with Gasteiger partial charge in [-0.05, 0) is 57.1 Å². The van der Waals surface area contributed by atoms with Crippen LogP contribution < -0.4 is 10.8 Å². The molecule has 136 valence electrons. The molecule has 0 spiro atoms. The van der Waals surface area contributed by atoms with Crippen molar-refractivity contribution >= 4 is 17.7 Å². The largest absolute Gasteiger partial charge is 0.397 e. The topological polar surface area (TPSA) is 84.8 Å². The molecule has 0 aliphatic heterocycles. The maximum Gasteiger partial charge on any atom is 0.267 e. The Balaban J connectivity index is 0.00000163. The van der Waals surface area contributed by atoms with Crippen molar-refractivity contribution in [3.05, 3.63) is 35.9 Å². The number of rotatable bonds is 7. The van der Waals surface area contributed by atoms with Gasteiger partial charge in [0.15, 0.2) is 0 Å². The van der Waals surface area contributed by atoms with Crippen LogP contribution in [-0.2, 0) is 4.79 Å². The lowest BCUT2D eigenvalue weighted by Gasteiger charge is -2.28. The minimum absolute atomic E-state index is 0.250. The van der Waals surface area contributed by atoms with Crippen LogP contribution in [0.4, 0.5) is 5.69 Å². The number of nitrogens with one attached hydrogen (secondary N) is 2. The first kappa shape index (κ1) is 22.1. The van der Waals surface area contributed by atoms with Gasteiger partial charge >= 0.3 is 0 Å². The average molecular weight is 337 g/mol. The Kier molecular flexibility index (Phi) is 11.5. The summed E-state index contributed by atoms with van der Waals surface area (Å²) in [5, 5.41) is 19.5. The second-order valence-corrected chi connectivity index (χ2v) is 6.00. The number of benzene rings is 1.